The van der Waals surface area contributed by atoms with Gasteiger partial charge >= 0.3 is 0 Å². The predicted octanol–water partition coefficient (Wildman–Crippen LogP) is 2.44. The Kier molecular flexibility index (Phi) is 1.62. The third kappa shape index (κ3) is 1.11. The van der Waals surface area contributed by atoms with E-state index in [1.807, 2.05) is 37.3 Å². The minimum atomic E-state index is 0.190. The quantitative estimate of drug-likeness (QED) is 0.474. The summed E-state index contributed by atoms with van der Waals surface area (Å²) >= 11 is 0. The average molecular weight is 173 g/mol. The van der Waals surface area contributed by atoms with Crippen molar-refractivity contribution in [1.29, 1.82) is 0 Å². The molecule has 0 aliphatic carbocycles. The van der Waals surface area contributed by atoms with Gasteiger partial charge in [-0.25, -0.2) is 0 Å². The fourth-order valence-electron chi connectivity index (χ4n) is 1.48. The molecule has 0 heterocycles. The molecule has 66 valence electrons. The van der Waals surface area contributed by atoms with Crippen LogP contribution in [0.2, 0.25) is 0 Å². The highest BCUT2D eigenvalue weighted by Crippen LogP contribution is 2.32. The van der Waals surface area contributed by atoms with Gasteiger partial charge in [-0.05, 0) is 23.9 Å². The van der Waals surface area contributed by atoms with E-state index in [0.29, 0.717) is 5.69 Å². The molecule has 0 aromatic heterocycles. The Morgan fingerprint density at radius 2 is 1.92 bits per heavy atom. The van der Waals surface area contributed by atoms with Gasteiger partial charge in [0.2, 0.25) is 0 Å². The van der Waals surface area contributed by atoms with E-state index in [2.05, 4.69) is 0 Å². The third-order valence-corrected chi connectivity index (χ3v) is 2.27. The Morgan fingerprint density at radius 3 is 2.69 bits per heavy atom. The Hall–Kier alpha value is -1.70. The normalized spacial score (nSPS) is 10.5. The molecule has 2 nitrogen and oxygen atoms in total. The number of aromatic hydroxyl groups is 1. The van der Waals surface area contributed by atoms with Gasteiger partial charge in [0, 0.05) is 5.39 Å². The topological polar surface area (TPSA) is 46.2 Å². The maximum atomic E-state index is 9.71. The van der Waals surface area contributed by atoms with Crippen molar-refractivity contribution in [2.45, 2.75) is 6.92 Å². The zero-order valence-electron chi connectivity index (χ0n) is 7.41. The molecule has 0 aliphatic rings. The van der Waals surface area contributed by atoms with Crippen molar-refractivity contribution in [3.63, 3.8) is 0 Å². The van der Waals surface area contributed by atoms with Gasteiger partial charge in [-0.3, -0.25) is 0 Å². The second-order valence-electron chi connectivity index (χ2n) is 3.18. The number of benzene rings is 2. The molecule has 0 saturated carbocycles. The average Bonchev–Trinajstić information content (AvgIpc) is 2.15. The highest BCUT2D eigenvalue weighted by Gasteiger charge is 2.05. The van der Waals surface area contributed by atoms with Crippen LogP contribution in [-0.4, -0.2) is 5.11 Å². The van der Waals surface area contributed by atoms with E-state index in [9.17, 15) is 5.11 Å². The number of anilines is 1. The largest absolute Gasteiger partial charge is 0.505 e. The molecule has 0 aliphatic heterocycles. The van der Waals surface area contributed by atoms with Crippen LogP contribution in [0.5, 0.6) is 5.75 Å². The van der Waals surface area contributed by atoms with Crippen molar-refractivity contribution in [1.82, 2.24) is 0 Å². The predicted molar refractivity (Wildman–Crippen MR) is 54.8 cm³/mol. The minimum Gasteiger partial charge on any atom is -0.505 e. The zero-order chi connectivity index (χ0) is 9.42. The van der Waals surface area contributed by atoms with Gasteiger partial charge in [-0.1, -0.05) is 24.3 Å². The lowest BCUT2D eigenvalue weighted by Gasteiger charge is -2.06. The summed E-state index contributed by atoms with van der Waals surface area (Å²) in [5.41, 5.74) is 7.08. The van der Waals surface area contributed by atoms with Crippen molar-refractivity contribution >= 4 is 16.5 Å². The maximum Gasteiger partial charge on any atom is 0.146 e. The Labute approximate surface area is 76.6 Å². The van der Waals surface area contributed by atoms with Crippen molar-refractivity contribution in [3.05, 3.63) is 35.9 Å². The smallest absolute Gasteiger partial charge is 0.146 e. The summed E-state index contributed by atoms with van der Waals surface area (Å²) < 4.78 is 0. The van der Waals surface area contributed by atoms with Gasteiger partial charge in [-0.2, -0.15) is 0 Å². The molecule has 0 bridgehead atoms. The van der Waals surface area contributed by atoms with E-state index >= 15 is 0 Å². The molecule has 0 amide bonds. The number of hydrogen-bond acceptors (Lipinski definition) is 2. The van der Waals surface area contributed by atoms with Crippen LogP contribution < -0.4 is 5.73 Å². The summed E-state index contributed by atoms with van der Waals surface area (Å²) in [7, 11) is 0. The molecule has 2 aromatic carbocycles. The van der Waals surface area contributed by atoms with E-state index in [4.69, 9.17) is 5.73 Å². The van der Waals surface area contributed by atoms with Gasteiger partial charge < -0.3 is 10.8 Å². The van der Waals surface area contributed by atoms with Gasteiger partial charge in [0.1, 0.15) is 5.75 Å². The first-order valence-electron chi connectivity index (χ1n) is 4.17. The first kappa shape index (κ1) is 7.92. The van der Waals surface area contributed by atoms with Crippen LogP contribution in [0, 0.1) is 6.92 Å². The van der Waals surface area contributed by atoms with Crippen LogP contribution in [0.4, 0.5) is 5.69 Å². The lowest BCUT2D eigenvalue weighted by Crippen LogP contribution is -1.90. The number of hydrogen-bond donors (Lipinski definition) is 2. The SMILES string of the molecule is Cc1cc2ccccc2c(O)c1N. The van der Waals surface area contributed by atoms with E-state index in [1.54, 1.807) is 0 Å². The first-order chi connectivity index (χ1) is 6.20. The van der Waals surface area contributed by atoms with Crippen molar-refractivity contribution < 1.29 is 5.11 Å². The Balaban J connectivity index is 2.94. The molecule has 2 heteroatoms. The molecular weight excluding hydrogens is 162 g/mol. The molecule has 0 fully saturated rings. The molecule has 0 radical (unpaired) electrons. The van der Waals surface area contributed by atoms with Gasteiger partial charge in [0.25, 0.3) is 0 Å². The van der Waals surface area contributed by atoms with E-state index in [1.165, 1.54) is 0 Å². The van der Waals surface area contributed by atoms with Gasteiger partial charge in [0.05, 0.1) is 5.69 Å². The van der Waals surface area contributed by atoms with Crippen LogP contribution in [-0.2, 0) is 0 Å². The lowest BCUT2D eigenvalue weighted by atomic mass is 10.0. The summed E-state index contributed by atoms with van der Waals surface area (Å²) in [6.07, 6.45) is 0. The molecular formula is C11H11NO. The minimum absolute atomic E-state index is 0.190. The monoisotopic (exact) mass is 173 g/mol. The molecule has 0 saturated heterocycles. The Morgan fingerprint density at radius 1 is 1.23 bits per heavy atom. The Bertz CT molecular complexity index is 463. The van der Waals surface area contributed by atoms with Crippen LogP contribution in [0.25, 0.3) is 10.8 Å². The highest BCUT2D eigenvalue weighted by atomic mass is 16.3. The van der Waals surface area contributed by atoms with Crippen molar-refractivity contribution in [3.8, 4) is 5.75 Å². The van der Waals surface area contributed by atoms with E-state index in [0.717, 1.165) is 16.3 Å². The van der Waals surface area contributed by atoms with Crippen LogP contribution >= 0.6 is 0 Å². The number of fused-ring (bicyclic) bond motifs is 1. The molecule has 13 heavy (non-hydrogen) atoms. The maximum absolute atomic E-state index is 9.71. The molecule has 2 rings (SSSR count). The molecule has 2 aromatic rings. The summed E-state index contributed by atoms with van der Waals surface area (Å²) in [6, 6.07) is 9.63. The number of rotatable bonds is 0. The molecule has 0 unspecified atom stereocenters. The number of phenols is 1. The second-order valence-corrected chi connectivity index (χ2v) is 3.18. The van der Waals surface area contributed by atoms with Crippen LogP contribution in [0.3, 0.4) is 0 Å². The molecule has 0 spiro atoms. The van der Waals surface area contributed by atoms with E-state index < -0.39 is 0 Å². The summed E-state index contributed by atoms with van der Waals surface area (Å²) in [4.78, 5) is 0. The lowest BCUT2D eigenvalue weighted by molar-refractivity contribution is 0.484. The van der Waals surface area contributed by atoms with Gasteiger partial charge in [-0.15, -0.1) is 0 Å². The number of aryl methyl sites for hydroxylation is 1. The first-order valence-corrected chi connectivity index (χ1v) is 4.17. The van der Waals surface area contributed by atoms with E-state index in [-0.39, 0.29) is 5.75 Å². The number of nitrogen functional groups attached to an aromatic ring is 1. The number of nitrogens with two attached hydrogens (primary N) is 1. The highest BCUT2D eigenvalue weighted by molar-refractivity contribution is 5.93. The summed E-state index contributed by atoms with van der Waals surface area (Å²) in [6.45, 7) is 1.89. The van der Waals surface area contributed by atoms with Crippen molar-refractivity contribution in [2.75, 3.05) is 5.73 Å². The summed E-state index contributed by atoms with van der Waals surface area (Å²) in [5, 5.41) is 11.5. The second kappa shape index (κ2) is 2.66. The molecule has 0 atom stereocenters. The van der Waals surface area contributed by atoms with Crippen molar-refractivity contribution in [2.24, 2.45) is 0 Å². The summed E-state index contributed by atoms with van der Waals surface area (Å²) in [5.74, 6) is 0.190. The van der Waals surface area contributed by atoms with Gasteiger partial charge in [0.15, 0.2) is 0 Å². The fraction of sp³-hybridized carbons (Fsp3) is 0.0909. The fourth-order valence-corrected chi connectivity index (χ4v) is 1.48. The van der Waals surface area contributed by atoms with Crippen LogP contribution in [0.15, 0.2) is 30.3 Å². The molecule has 3 N–H and O–H groups in total. The zero-order valence-corrected chi connectivity index (χ0v) is 7.41. The standard InChI is InChI=1S/C11H11NO/c1-7-6-8-4-2-3-5-9(8)11(13)10(7)12/h2-6,13H,12H2,1H3. The number of phenolic OH excluding ortho intramolecular Hbond substituents is 1. The third-order valence-electron chi connectivity index (χ3n) is 2.27. The van der Waals surface area contributed by atoms with Crippen LogP contribution in [0.1, 0.15) is 5.56 Å².